The molecule has 0 spiro atoms. The van der Waals surface area contributed by atoms with Crippen molar-refractivity contribution in [1.29, 1.82) is 0 Å². The van der Waals surface area contributed by atoms with Gasteiger partial charge in [0.2, 0.25) is 0 Å². The molecule has 0 aliphatic rings. The van der Waals surface area contributed by atoms with Crippen molar-refractivity contribution in [3.8, 4) is 11.5 Å². The number of hydrogen-bond acceptors (Lipinski definition) is 5. The zero-order chi connectivity index (χ0) is 14.4. The third-order valence-corrected chi connectivity index (χ3v) is 2.26. The highest BCUT2D eigenvalue weighted by atomic mass is 32.1. The van der Waals surface area contributed by atoms with Crippen molar-refractivity contribution in [2.75, 3.05) is 14.2 Å². The molecule has 0 saturated carbocycles. The highest BCUT2D eigenvalue weighted by Gasteiger charge is 2.19. The monoisotopic (exact) mass is 283 g/mol. The summed E-state index contributed by atoms with van der Waals surface area (Å²) in [6.07, 6.45) is 1.28. The molecule has 0 fully saturated rings. The number of methoxy groups -OCH3 is 2. The van der Waals surface area contributed by atoms with E-state index in [0.717, 1.165) is 0 Å². The Labute approximate surface area is 115 Å². The molecular formula is C11H13N3O4S. The Morgan fingerprint density at radius 1 is 1.47 bits per heavy atom. The molecule has 4 N–H and O–H groups in total. The van der Waals surface area contributed by atoms with Crippen LogP contribution in [0.3, 0.4) is 0 Å². The van der Waals surface area contributed by atoms with E-state index in [1.165, 1.54) is 26.5 Å². The summed E-state index contributed by atoms with van der Waals surface area (Å²) >= 11 is 4.58. The summed E-state index contributed by atoms with van der Waals surface area (Å²) in [5.41, 5.74) is 7.81. The van der Waals surface area contributed by atoms with Crippen LogP contribution in [0.5, 0.6) is 11.5 Å². The Kier molecular flexibility index (Phi) is 5.07. The van der Waals surface area contributed by atoms with E-state index in [-0.39, 0.29) is 16.4 Å². The number of hydrazone groups is 1. The number of rotatable bonds is 5. The van der Waals surface area contributed by atoms with Crippen LogP contribution in [0, 0.1) is 0 Å². The predicted molar refractivity (Wildman–Crippen MR) is 74.0 cm³/mol. The largest absolute Gasteiger partial charge is 0.493 e. The molecule has 1 rings (SSSR count). The highest BCUT2D eigenvalue weighted by Crippen LogP contribution is 2.32. The first kappa shape index (κ1) is 14.7. The van der Waals surface area contributed by atoms with Gasteiger partial charge in [-0.25, -0.2) is 4.79 Å². The van der Waals surface area contributed by atoms with E-state index in [1.807, 2.05) is 0 Å². The third kappa shape index (κ3) is 3.55. The zero-order valence-corrected chi connectivity index (χ0v) is 11.2. The summed E-state index contributed by atoms with van der Waals surface area (Å²) in [6, 6.07) is 3.11. The van der Waals surface area contributed by atoms with E-state index in [1.54, 1.807) is 6.07 Å². The fourth-order valence-corrected chi connectivity index (χ4v) is 1.49. The lowest BCUT2D eigenvalue weighted by Crippen LogP contribution is -2.24. The van der Waals surface area contributed by atoms with E-state index in [2.05, 4.69) is 22.7 Å². The van der Waals surface area contributed by atoms with E-state index < -0.39 is 5.97 Å². The minimum absolute atomic E-state index is 0.0198. The van der Waals surface area contributed by atoms with Gasteiger partial charge in [0, 0.05) is 5.56 Å². The smallest absolute Gasteiger partial charge is 0.340 e. The van der Waals surface area contributed by atoms with Gasteiger partial charge in [0.1, 0.15) is 5.56 Å². The molecule has 1 aromatic rings. The van der Waals surface area contributed by atoms with Gasteiger partial charge < -0.3 is 20.3 Å². The van der Waals surface area contributed by atoms with Crippen molar-refractivity contribution in [3.63, 3.8) is 0 Å². The Bertz CT molecular complexity index is 531. The Hall–Kier alpha value is -2.35. The zero-order valence-electron chi connectivity index (χ0n) is 10.3. The van der Waals surface area contributed by atoms with Gasteiger partial charge in [-0.3, -0.25) is 5.43 Å². The molecule has 1 aromatic carbocycles. The van der Waals surface area contributed by atoms with Gasteiger partial charge in [0.15, 0.2) is 16.6 Å². The van der Waals surface area contributed by atoms with Crippen molar-refractivity contribution in [2.45, 2.75) is 0 Å². The number of benzene rings is 1. The minimum Gasteiger partial charge on any atom is -0.493 e. The first-order chi connectivity index (χ1) is 9.01. The van der Waals surface area contributed by atoms with E-state index >= 15 is 0 Å². The lowest BCUT2D eigenvalue weighted by molar-refractivity contribution is 0.0692. The van der Waals surface area contributed by atoms with Crippen LogP contribution in [0.15, 0.2) is 17.2 Å². The van der Waals surface area contributed by atoms with Crippen molar-refractivity contribution in [1.82, 2.24) is 5.43 Å². The molecule has 0 radical (unpaired) electrons. The first-order valence-corrected chi connectivity index (χ1v) is 5.48. The SMILES string of the molecule is COc1ccc(/C=N/NC(N)=S)c(C(=O)O)c1OC. The predicted octanol–water partition coefficient (Wildman–Crippen LogP) is 0.569. The maximum atomic E-state index is 11.3. The van der Waals surface area contributed by atoms with Crippen LogP contribution in [0.1, 0.15) is 15.9 Å². The average molecular weight is 283 g/mol. The number of aromatic carboxylic acids is 1. The summed E-state index contributed by atoms with van der Waals surface area (Å²) in [4.78, 5) is 11.3. The molecule has 0 unspecified atom stereocenters. The molecule has 19 heavy (non-hydrogen) atoms. The number of thiocarbonyl (C=S) groups is 1. The van der Waals surface area contributed by atoms with Gasteiger partial charge in [-0.15, -0.1) is 0 Å². The summed E-state index contributed by atoms with van der Waals surface area (Å²) in [5, 5.41) is 12.9. The lowest BCUT2D eigenvalue weighted by atomic mass is 10.1. The summed E-state index contributed by atoms with van der Waals surface area (Å²) in [7, 11) is 2.78. The highest BCUT2D eigenvalue weighted by molar-refractivity contribution is 7.80. The number of carboxylic acid groups (broad SMARTS) is 1. The van der Waals surface area contributed by atoms with Gasteiger partial charge in [-0.05, 0) is 24.4 Å². The molecule has 0 saturated heterocycles. The number of carboxylic acids is 1. The molecule has 0 bridgehead atoms. The first-order valence-electron chi connectivity index (χ1n) is 5.08. The number of nitrogens with zero attached hydrogens (tertiary/aromatic N) is 1. The Balaban J connectivity index is 3.28. The van der Waals surface area contributed by atoms with Gasteiger partial charge in [0.25, 0.3) is 0 Å². The summed E-state index contributed by atoms with van der Waals surface area (Å²) < 4.78 is 10.1. The maximum absolute atomic E-state index is 11.3. The molecule has 0 atom stereocenters. The van der Waals surface area contributed by atoms with Gasteiger partial charge in [0.05, 0.1) is 20.4 Å². The molecule has 0 aliphatic heterocycles. The van der Waals surface area contributed by atoms with Crippen molar-refractivity contribution in [2.24, 2.45) is 10.8 Å². The van der Waals surface area contributed by atoms with Gasteiger partial charge in [-0.1, -0.05) is 0 Å². The topological polar surface area (TPSA) is 106 Å². The summed E-state index contributed by atoms with van der Waals surface area (Å²) in [5.74, 6) is -0.721. The second-order valence-electron chi connectivity index (χ2n) is 3.30. The van der Waals surface area contributed by atoms with Crippen LogP contribution >= 0.6 is 12.2 Å². The van der Waals surface area contributed by atoms with E-state index in [9.17, 15) is 9.90 Å². The Morgan fingerprint density at radius 2 is 2.16 bits per heavy atom. The number of hydrogen-bond donors (Lipinski definition) is 3. The Morgan fingerprint density at radius 3 is 2.63 bits per heavy atom. The van der Waals surface area contributed by atoms with Crippen molar-refractivity contribution < 1.29 is 19.4 Å². The van der Waals surface area contributed by atoms with Crippen LogP contribution < -0.4 is 20.6 Å². The standard InChI is InChI=1S/C11H13N3O4S/c1-17-7-4-3-6(5-13-14-11(12)19)8(10(15)16)9(7)18-2/h3-5H,1-2H3,(H,15,16)(H3,12,14,19)/b13-5+. The summed E-state index contributed by atoms with van der Waals surface area (Å²) in [6.45, 7) is 0. The lowest BCUT2D eigenvalue weighted by Gasteiger charge is -2.12. The van der Waals surface area contributed by atoms with Crippen LogP contribution in [-0.2, 0) is 0 Å². The number of nitrogens with two attached hydrogens (primary N) is 1. The van der Waals surface area contributed by atoms with Gasteiger partial charge >= 0.3 is 5.97 Å². The van der Waals surface area contributed by atoms with Crippen LogP contribution in [0.2, 0.25) is 0 Å². The maximum Gasteiger partial charge on any atom is 0.340 e. The fraction of sp³-hybridized carbons (Fsp3) is 0.182. The molecule has 7 nitrogen and oxygen atoms in total. The molecule has 8 heteroatoms. The van der Waals surface area contributed by atoms with Crippen molar-refractivity contribution in [3.05, 3.63) is 23.3 Å². The molecule has 0 aromatic heterocycles. The molecular weight excluding hydrogens is 270 g/mol. The number of carbonyl (C=O) groups is 1. The molecule has 102 valence electrons. The number of ether oxygens (including phenoxy) is 2. The normalized spacial score (nSPS) is 10.2. The third-order valence-electron chi connectivity index (χ3n) is 2.17. The second kappa shape index (κ2) is 6.55. The molecule has 0 amide bonds. The fourth-order valence-electron chi connectivity index (χ4n) is 1.44. The molecule has 0 aliphatic carbocycles. The van der Waals surface area contributed by atoms with Crippen molar-refractivity contribution >= 4 is 29.5 Å². The van der Waals surface area contributed by atoms with Crippen LogP contribution in [0.25, 0.3) is 0 Å². The van der Waals surface area contributed by atoms with Gasteiger partial charge in [-0.2, -0.15) is 5.10 Å². The molecule has 0 heterocycles. The average Bonchev–Trinajstić information content (AvgIpc) is 2.37. The van der Waals surface area contributed by atoms with E-state index in [4.69, 9.17) is 15.2 Å². The second-order valence-corrected chi connectivity index (χ2v) is 3.74. The van der Waals surface area contributed by atoms with E-state index in [0.29, 0.717) is 11.3 Å². The van der Waals surface area contributed by atoms with Crippen LogP contribution in [-0.4, -0.2) is 36.6 Å². The quantitative estimate of drug-likeness (QED) is 0.412. The number of nitrogens with one attached hydrogen (secondary N) is 1. The van der Waals surface area contributed by atoms with Crippen LogP contribution in [0.4, 0.5) is 0 Å². The minimum atomic E-state index is -1.16.